The summed E-state index contributed by atoms with van der Waals surface area (Å²) in [5, 5.41) is 9.01. The fourth-order valence-electron chi connectivity index (χ4n) is 2.04. The van der Waals surface area contributed by atoms with Crippen molar-refractivity contribution in [3.05, 3.63) is 24.3 Å². The lowest BCUT2D eigenvalue weighted by Crippen LogP contribution is -2.41. The molecule has 0 saturated carbocycles. The third-order valence-electron chi connectivity index (χ3n) is 3.16. The molecule has 1 saturated heterocycles. The summed E-state index contributed by atoms with van der Waals surface area (Å²) in [4.78, 5) is 11.8. The molecular weight excluding hydrogens is 230 g/mol. The number of ether oxygens (including phenoxy) is 1. The molecule has 1 aromatic carbocycles. The molecule has 5 heteroatoms. The first kappa shape index (κ1) is 12.7. The van der Waals surface area contributed by atoms with Crippen LogP contribution in [0.15, 0.2) is 24.3 Å². The molecule has 0 radical (unpaired) electrons. The van der Waals surface area contributed by atoms with Gasteiger partial charge in [0.05, 0.1) is 7.11 Å². The van der Waals surface area contributed by atoms with Crippen molar-refractivity contribution in [2.24, 2.45) is 5.92 Å². The first-order chi connectivity index (χ1) is 8.69. The van der Waals surface area contributed by atoms with Crippen LogP contribution in [0.25, 0.3) is 0 Å². The van der Waals surface area contributed by atoms with Gasteiger partial charge in [-0.25, -0.2) is 4.79 Å². The van der Waals surface area contributed by atoms with Crippen LogP contribution < -0.4 is 20.7 Å². The van der Waals surface area contributed by atoms with E-state index in [9.17, 15) is 4.79 Å². The molecular formula is C13H19N3O2. The minimum absolute atomic E-state index is 0.177. The summed E-state index contributed by atoms with van der Waals surface area (Å²) < 4.78 is 5.11. The van der Waals surface area contributed by atoms with Gasteiger partial charge in [0.1, 0.15) is 5.75 Å². The number of hydrogen-bond acceptors (Lipinski definition) is 3. The van der Waals surface area contributed by atoms with Gasteiger partial charge in [-0.1, -0.05) is 13.0 Å². The minimum Gasteiger partial charge on any atom is -0.497 e. The number of nitrogens with one attached hydrogen (secondary N) is 3. The normalized spacial score (nSPS) is 22.6. The molecule has 2 rings (SSSR count). The van der Waals surface area contributed by atoms with Crippen LogP contribution in [0.1, 0.15) is 6.92 Å². The number of benzene rings is 1. The lowest BCUT2D eigenvalue weighted by Gasteiger charge is -2.16. The molecule has 18 heavy (non-hydrogen) atoms. The first-order valence-corrected chi connectivity index (χ1v) is 6.11. The number of amides is 2. The maximum absolute atomic E-state index is 11.8. The molecule has 1 heterocycles. The number of urea groups is 1. The van der Waals surface area contributed by atoms with E-state index in [1.54, 1.807) is 13.2 Å². The van der Waals surface area contributed by atoms with Crippen LogP contribution in [0.4, 0.5) is 10.5 Å². The van der Waals surface area contributed by atoms with Crippen LogP contribution in [-0.4, -0.2) is 32.3 Å². The lowest BCUT2D eigenvalue weighted by molar-refractivity contribution is 0.247. The van der Waals surface area contributed by atoms with Gasteiger partial charge in [-0.3, -0.25) is 0 Å². The fraction of sp³-hybridized carbons (Fsp3) is 0.462. The first-order valence-electron chi connectivity index (χ1n) is 6.11. The van der Waals surface area contributed by atoms with Crippen molar-refractivity contribution < 1.29 is 9.53 Å². The molecule has 5 nitrogen and oxygen atoms in total. The molecule has 1 aliphatic heterocycles. The maximum Gasteiger partial charge on any atom is 0.319 e. The Labute approximate surface area is 107 Å². The number of methoxy groups -OCH3 is 1. The second-order valence-electron chi connectivity index (χ2n) is 4.57. The third-order valence-corrected chi connectivity index (χ3v) is 3.16. The van der Waals surface area contributed by atoms with Crippen molar-refractivity contribution in [2.45, 2.75) is 13.0 Å². The van der Waals surface area contributed by atoms with Crippen LogP contribution in [0, 0.1) is 5.92 Å². The molecule has 2 atom stereocenters. The summed E-state index contributed by atoms with van der Waals surface area (Å²) in [6.07, 6.45) is 0. The monoisotopic (exact) mass is 249 g/mol. The summed E-state index contributed by atoms with van der Waals surface area (Å²) >= 11 is 0. The Morgan fingerprint density at radius 1 is 1.44 bits per heavy atom. The van der Waals surface area contributed by atoms with E-state index in [0.29, 0.717) is 5.92 Å². The Morgan fingerprint density at radius 2 is 2.28 bits per heavy atom. The molecule has 1 fully saturated rings. The molecule has 3 N–H and O–H groups in total. The van der Waals surface area contributed by atoms with E-state index in [0.717, 1.165) is 24.5 Å². The van der Waals surface area contributed by atoms with E-state index in [2.05, 4.69) is 22.9 Å². The largest absolute Gasteiger partial charge is 0.497 e. The van der Waals surface area contributed by atoms with E-state index in [1.807, 2.05) is 18.2 Å². The zero-order valence-electron chi connectivity index (χ0n) is 10.7. The summed E-state index contributed by atoms with van der Waals surface area (Å²) in [5.41, 5.74) is 0.727. The Balaban J connectivity index is 1.90. The molecule has 1 aromatic rings. The van der Waals surface area contributed by atoms with Crippen molar-refractivity contribution >= 4 is 11.7 Å². The number of rotatable bonds is 3. The highest BCUT2D eigenvalue weighted by atomic mass is 16.5. The van der Waals surface area contributed by atoms with E-state index in [-0.39, 0.29) is 12.1 Å². The average Bonchev–Trinajstić information content (AvgIpc) is 2.75. The molecule has 1 aliphatic rings. The highest BCUT2D eigenvalue weighted by molar-refractivity contribution is 5.89. The molecule has 0 spiro atoms. The predicted octanol–water partition coefficient (Wildman–Crippen LogP) is 1.42. The van der Waals surface area contributed by atoms with Gasteiger partial charge in [-0.15, -0.1) is 0 Å². The summed E-state index contributed by atoms with van der Waals surface area (Å²) in [6, 6.07) is 7.31. The molecule has 0 aliphatic carbocycles. The summed E-state index contributed by atoms with van der Waals surface area (Å²) in [5.74, 6) is 1.18. The molecule has 0 aromatic heterocycles. The Hall–Kier alpha value is -1.75. The zero-order valence-corrected chi connectivity index (χ0v) is 10.7. The molecule has 98 valence electrons. The smallest absolute Gasteiger partial charge is 0.319 e. The summed E-state index contributed by atoms with van der Waals surface area (Å²) in [7, 11) is 1.60. The second kappa shape index (κ2) is 5.73. The Bertz CT molecular complexity index is 422. The van der Waals surface area contributed by atoms with E-state index in [4.69, 9.17) is 4.74 Å². The van der Waals surface area contributed by atoms with Gasteiger partial charge in [0.25, 0.3) is 0 Å². The predicted molar refractivity (Wildman–Crippen MR) is 71.0 cm³/mol. The van der Waals surface area contributed by atoms with Crippen LogP contribution in [0.5, 0.6) is 5.75 Å². The van der Waals surface area contributed by atoms with Crippen molar-refractivity contribution in [3.8, 4) is 5.75 Å². The highest BCUT2D eigenvalue weighted by Crippen LogP contribution is 2.16. The van der Waals surface area contributed by atoms with Crippen LogP contribution in [0.3, 0.4) is 0 Å². The van der Waals surface area contributed by atoms with Gasteiger partial charge in [-0.05, 0) is 24.6 Å². The zero-order chi connectivity index (χ0) is 13.0. The number of carbonyl (C=O) groups excluding carboxylic acids is 1. The Morgan fingerprint density at radius 3 is 2.94 bits per heavy atom. The van der Waals surface area contributed by atoms with E-state index >= 15 is 0 Å². The molecule has 2 amide bonds. The highest BCUT2D eigenvalue weighted by Gasteiger charge is 2.24. The Kier molecular flexibility index (Phi) is 4.04. The van der Waals surface area contributed by atoms with Gasteiger partial charge < -0.3 is 20.7 Å². The SMILES string of the molecule is COc1cccc(NC(=O)NC2CNCC2C)c1. The van der Waals surface area contributed by atoms with Crippen LogP contribution in [0.2, 0.25) is 0 Å². The molecule has 2 unspecified atom stereocenters. The second-order valence-corrected chi connectivity index (χ2v) is 4.57. The van der Waals surface area contributed by atoms with Gasteiger partial charge in [0.15, 0.2) is 0 Å². The standard InChI is InChI=1S/C13H19N3O2/c1-9-7-14-8-12(9)16-13(17)15-10-4-3-5-11(6-10)18-2/h3-6,9,12,14H,7-8H2,1-2H3,(H2,15,16,17). The van der Waals surface area contributed by atoms with Crippen molar-refractivity contribution in [1.82, 2.24) is 10.6 Å². The van der Waals surface area contributed by atoms with Crippen molar-refractivity contribution in [3.63, 3.8) is 0 Å². The quantitative estimate of drug-likeness (QED) is 0.759. The van der Waals surface area contributed by atoms with Gasteiger partial charge in [0.2, 0.25) is 0 Å². The van der Waals surface area contributed by atoms with E-state index < -0.39 is 0 Å². The van der Waals surface area contributed by atoms with Crippen molar-refractivity contribution in [2.75, 3.05) is 25.5 Å². The lowest BCUT2D eigenvalue weighted by atomic mass is 10.1. The van der Waals surface area contributed by atoms with Gasteiger partial charge in [-0.2, -0.15) is 0 Å². The number of carbonyl (C=O) groups is 1. The van der Waals surface area contributed by atoms with Gasteiger partial charge >= 0.3 is 6.03 Å². The average molecular weight is 249 g/mol. The third kappa shape index (κ3) is 3.13. The van der Waals surface area contributed by atoms with Crippen LogP contribution in [-0.2, 0) is 0 Å². The van der Waals surface area contributed by atoms with Crippen LogP contribution >= 0.6 is 0 Å². The molecule has 0 bridgehead atoms. The minimum atomic E-state index is -0.177. The van der Waals surface area contributed by atoms with Crippen molar-refractivity contribution in [1.29, 1.82) is 0 Å². The number of hydrogen-bond donors (Lipinski definition) is 3. The number of anilines is 1. The van der Waals surface area contributed by atoms with E-state index in [1.165, 1.54) is 0 Å². The summed E-state index contributed by atoms with van der Waals surface area (Å²) in [6.45, 7) is 3.90. The fourth-order valence-corrected chi connectivity index (χ4v) is 2.04. The maximum atomic E-state index is 11.8. The van der Waals surface area contributed by atoms with Gasteiger partial charge in [0, 0.05) is 24.3 Å². The topological polar surface area (TPSA) is 62.4 Å².